The van der Waals surface area contributed by atoms with E-state index in [4.69, 9.17) is 5.11 Å². The van der Waals surface area contributed by atoms with E-state index in [0.717, 1.165) is 0 Å². The fraction of sp³-hybridized carbons (Fsp3) is 1.00. The molecule has 0 amide bonds. The molecule has 1 aliphatic rings. The highest BCUT2D eigenvalue weighted by atomic mass is 19.4. The summed E-state index contributed by atoms with van der Waals surface area (Å²) in [5.41, 5.74) is 0. The van der Waals surface area contributed by atoms with Gasteiger partial charge in [-0.15, -0.1) is 0 Å². The van der Waals surface area contributed by atoms with Crippen LogP contribution in [0.15, 0.2) is 0 Å². The molecule has 0 bridgehead atoms. The van der Waals surface area contributed by atoms with Crippen LogP contribution >= 0.6 is 0 Å². The molecule has 0 aromatic heterocycles. The number of aliphatic hydroxyl groups is 1. The highest BCUT2D eigenvalue weighted by Crippen LogP contribution is 2.30. The Bertz CT molecular complexity index is 136. The first-order valence-electron chi connectivity index (χ1n) is 3.45. The van der Waals surface area contributed by atoms with Crippen molar-refractivity contribution >= 4 is 0 Å². The van der Waals surface area contributed by atoms with Crippen molar-refractivity contribution in [2.45, 2.75) is 18.7 Å². The van der Waals surface area contributed by atoms with E-state index in [1.165, 1.54) is 0 Å². The fourth-order valence-electron chi connectivity index (χ4n) is 1.17. The SMILES string of the molecule is OC1CNCC(C(F)(F)F)C1. The maximum Gasteiger partial charge on any atom is 0.393 e. The molecule has 0 saturated carbocycles. The van der Waals surface area contributed by atoms with Crippen LogP contribution in [0.25, 0.3) is 0 Å². The van der Waals surface area contributed by atoms with Gasteiger partial charge in [0, 0.05) is 13.1 Å². The van der Waals surface area contributed by atoms with Gasteiger partial charge in [0.15, 0.2) is 0 Å². The summed E-state index contributed by atoms with van der Waals surface area (Å²) in [6.07, 6.45) is -5.19. The van der Waals surface area contributed by atoms with Gasteiger partial charge in [0.2, 0.25) is 0 Å². The summed E-state index contributed by atoms with van der Waals surface area (Å²) in [5, 5.41) is 11.4. The van der Waals surface area contributed by atoms with E-state index >= 15 is 0 Å². The summed E-state index contributed by atoms with van der Waals surface area (Å²) >= 11 is 0. The third-order valence-electron chi connectivity index (χ3n) is 1.79. The van der Waals surface area contributed by atoms with Crippen LogP contribution < -0.4 is 5.32 Å². The topological polar surface area (TPSA) is 32.3 Å². The molecule has 66 valence electrons. The molecule has 2 unspecified atom stereocenters. The van der Waals surface area contributed by atoms with E-state index in [-0.39, 0.29) is 19.5 Å². The molecule has 0 aromatic carbocycles. The van der Waals surface area contributed by atoms with Crippen LogP contribution in [0.2, 0.25) is 0 Å². The minimum Gasteiger partial charge on any atom is -0.392 e. The van der Waals surface area contributed by atoms with Crippen molar-refractivity contribution in [3.8, 4) is 0 Å². The molecule has 2 N–H and O–H groups in total. The maximum absolute atomic E-state index is 12.0. The molecule has 0 aromatic rings. The smallest absolute Gasteiger partial charge is 0.392 e. The van der Waals surface area contributed by atoms with Crippen molar-refractivity contribution in [3.63, 3.8) is 0 Å². The first-order chi connectivity index (χ1) is 5.00. The molecule has 2 atom stereocenters. The van der Waals surface area contributed by atoms with Crippen molar-refractivity contribution in [1.29, 1.82) is 0 Å². The second-order valence-corrected chi connectivity index (χ2v) is 2.79. The number of halogens is 3. The number of hydrogen-bond donors (Lipinski definition) is 2. The molecule has 0 aliphatic carbocycles. The lowest BCUT2D eigenvalue weighted by molar-refractivity contribution is -0.185. The van der Waals surface area contributed by atoms with Gasteiger partial charge >= 0.3 is 6.18 Å². The monoisotopic (exact) mass is 169 g/mol. The van der Waals surface area contributed by atoms with Crippen LogP contribution in [0.5, 0.6) is 0 Å². The van der Waals surface area contributed by atoms with E-state index < -0.39 is 18.2 Å². The van der Waals surface area contributed by atoms with Crippen molar-refractivity contribution < 1.29 is 18.3 Å². The number of alkyl halides is 3. The third kappa shape index (κ3) is 2.34. The van der Waals surface area contributed by atoms with Gasteiger partial charge in [0.05, 0.1) is 12.0 Å². The van der Waals surface area contributed by atoms with Crippen molar-refractivity contribution in [2.75, 3.05) is 13.1 Å². The van der Waals surface area contributed by atoms with Gasteiger partial charge in [-0.05, 0) is 6.42 Å². The lowest BCUT2D eigenvalue weighted by Crippen LogP contribution is -2.45. The molecule has 0 radical (unpaired) electrons. The number of β-amino-alcohol motifs (C(OH)–C–C–N with tert-alkyl or cyclic N) is 1. The highest BCUT2D eigenvalue weighted by molar-refractivity contribution is 4.79. The predicted octanol–water partition coefficient (Wildman–Crippen LogP) is 0.519. The molecule has 11 heavy (non-hydrogen) atoms. The van der Waals surface area contributed by atoms with E-state index in [1.54, 1.807) is 0 Å². The zero-order valence-electron chi connectivity index (χ0n) is 5.86. The molecule has 5 heteroatoms. The zero-order valence-corrected chi connectivity index (χ0v) is 5.86. The minimum atomic E-state index is -4.17. The molecule has 1 fully saturated rings. The summed E-state index contributed by atoms with van der Waals surface area (Å²) in [4.78, 5) is 0. The summed E-state index contributed by atoms with van der Waals surface area (Å²) in [6.45, 7) is 0.202. The fourth-order valence-corrected chi connectivity index (χ4v) is 1.17. The molecule has 1 heterocycles. The molecule has 1 saturated heterocycles. The molecule has 1 aliphatic heterocycles. The van der Waals surface area contributed by atoms with Gasteiger partial charge in [-0.1, -0.05) is 0 Å². The molecule has 0 spiro atoms. The maximum atomic E-state index is 12.0. The Morgan fingerprint density at radius 2 is 1.91 bits per heavy atom. The predicted molar refractivity (Wildman–Crippen MR) is 33.0 cm³/mol. The van der Waals surface area contributed by atoms with Gasteiger partial charge in [-0.3, -0.25) is 0 Å². The van der Waals surface area contributed by atoms with Gasteiger partial charge in [-0.2, -0.15) is 13.2 Å². The van der Waals surface area contributed by atoms with Crippen molar-refractivity contribution in [1.82, 2.24) is 5.32 Å². The summed E-state index contributed by atoms with van der Waals surface area (Å²) in [6, 6.07) is 0. The van der Waals surface area contributed by atoms with Crippen LogP contribution in [-0.4, -0.2) is 30.5 Å². The van der Waals surface area contributed by atoms with Crippen LogP contribution in [0.1, 0.15) is 6.42 Å². The minimum absolute atomic E-state index is 0.0689. The summed E-state index contributed by atoms with van der Waals surface area (Å²) in [7, 11) is 0. The van der Waals surface area contributed by atoms with E-state index in [0.29, 0.717) is 0 Å². The second kappa shape index (κ2) is 2.98. The summed E-state index contributed by atoms with van der Waals surface area (Å²) in [5.74, 6) is -1.38. The normalized spacial score (nSPS) is 33.8. The number of rotatable bonds is 0. The number of nitrogens with one attached hydrogen (secondary N) is 1. The highest BCUT2D eigenvalue weighted by Gasteiger charge is 2.41. The van der Waals surface area contributed by atoms with Crippen LogP contribution in [-0.2, 0) is 0 Å². The van der Waals surface area contributed by atoms with Gasteiger partial charge in [-0.25, -0.2) is 0 Å². The summed E-state index contributed by atoms with van der Waals surface area (Å²) < 4.78 is 35.9. The number of aliphatic hydroxyl groups excluding tert-OH is 1. The quantitative estimate of drug-likeness (QED) is 0.554. The first-order valence-corrected chi connectivity index (χ1v) is 3.45. The molecule has 1 rings (SSSR count). The number of piperidine rings is 1. The van der Waals surface area contributed by atoms with Crippen molar-refractivity contribution in [2.24, 2.45) is 5.92 Å². The lowest BCUT2D eigenvalue weighted by atomic mass is 9.97. The average Bonchev–Trinajstić information content (AvgIpc) is 1.86. The Morgan fingerprint density at radius 3 is 2.27 bits per heavy atom. The van der Waals surface area contributed by atoms with Gasteiger partial charge in [0.25, 0.3) is 0 Å². The number of hydrogen-bond acceptors (Lipinski definition) is 2. The van der Waals surface area contributed by atoms with Crippen LogP contribution in [0.3, 0.4) is 0 Å². The Kier molecular flexibility index (Phi) is 2.39. The van der Waals surface area contributed by atoms with Gasteiger partial charge < -0.3 is 10.4 Å². The standard InChI is InChI=1S/C6H10F3NO/c7-6(8,9)4-1-5(11)3-10-2-4/h4-5,10-11H,1-3H2. The Balaban J connectivity index is 2.46. The first kappa shape index (κ1) is 8.80. The van der Waals surface area contributed by atoms with Crippen molar-refractivity contribution in [3.05, 3.63) is 0 Å². The Hall–Kier alpha value is -0.290. The van der Waals surface area contributed by atoms with E-state index in [9.17, 15) is 13.2 Å². The molecule has 2 nitrogen and oxygen atoms in total. The average molecular weight is 169 g/mol. The molecular weight excluding hydrogens is 159 g/mol. The molecular formula is C6H10F3NO. The zero-order chi connectivity index (χ0) is 8.48. The van der Waals surface area contributed by atoms with Crippen LogP contribution in [0.4, 0.5) is 13.2 Å². The van der Waals surface area contributed by atoms with Crippen LogP contribution in [0, 0.1) is 5.92 Å². The Labute approximate surface area is 62.4 Å². The van der Waals surface area contributed by atoms with Gasteiger partial charge in [0.1, 0.15) is 0 Å². The largest absolute Gasteiger partial charge is 0.393 e. The Morgan fingerprint density at radius 1 is 1.27 bits per heavy atom. The van der Waals surface area contributed by atoms with E-state index in [2.05, 4.69) is 5.32 Å². The lowest BCUT2D eigenvalue weighted by Gasteiger charge is -2.28. The second-order valence-electron chi connectivity index (χ2n) is 2.79. The third-order valence-corrected chi connectivity index (χ3v) is 1.79. The van der Waals surface area contributed by atoms with E-state index in [1.807, 2.05) is 0 Å².